The molecular weight excluding hydrogens is 282 g/mol. The number of nitrogens with one attached hydrogen (secondary N) is 1. The minimum atomic E-state index is 0.599. The van der Waals surface area contributed by atoms with Crippen LogP contribution in [0.4, 0.5) is 11.6 Å². The third-order valence-electron chi connectivity index (χ3n) is 3.75. The average Bonchev–Trinajstić information content (AvgIpc) is 2.62. The van der Waals surface area contributed by atoms with Crippen LogP contribution < -0.4 is 5.32 Å². The van der Waals surface area contributed by atoms with Crippen LogP contribution >= 0.6 is 0 Å². The van der Waals surface area contributed by atoms with Crippen LogP contribution in [0.5, 0.6) is 0 Å². The number of para-hydroxylation sites is 1. The first-order valence-corrected chi connectivity index (χ1v) is 7.53. The molecule has 4 rings (SSSR count). The molecule has 0 aliphatic rings. The van der Waals surface area contributed by atoms with Crippen molar-refractivity contribution in [3.63, 3.8) is 0 Å². The van der Waals surface area contributed by atoms with Crippen molar-refractivity contribution in [2.45, 2.75) is 0 Å². The number of anilines is 2. The summed E-state index contributed by atoms with van der Waals surface area (Å²) in [5.74, 6) is 0.599. The van der Waals surface area contributed by atoms with Crippen molar-refractivity contribution in [1.29, 1.82) is 0 Å². The molecule has 110 valence electrons. The number of aromatic nitrogens is 2. The number of hydrogen-bond donors (Lipinski definition) is 1. The molecule has 0 aliphatic heterocycles. The zero-order chi connectivity index (χ0) is 15.5. The lowest BCUT2D eigenvalue weighted by Gasteiger charge is -2.08. The molecule has 1 aromatic heterocycles. The first-order chi connectivity index (χ1) is 11.4. The topological polar surface area (TPSA) is 37.8 Å². The first kappa shape index (κ1) is 13.5. The molecule has 1 N–H and O–H groups in total. The molecule has 3 heteroatoms. The Labute approximate surface area is 134 Å². The quantitative estimate of drug-likeness (QED) is 0.575. The van der Waals surface area contributed by atoms with Crippen LogP contribution in [0.3, 0.4) is 0 Å². The van der Waals surface area contributed by atoms with Crippen molar-refractivity contribution in [3.05, 3.63) is 85.1 Å². The summed E-state index contributed by atoms with van der Waals surface area (Å²) in [5.41, 5.74) is 3.00. The molecule has 23 heavy (non-hydrogen) atoms. The Kier molecular flexibility index (Phi) is 3.45. The molecule has 0 atom stereocenters. The Morgan fingerprint density at radius 1 is 0.696 bits per heavy atom. The largest absolute Gasteiger partial charge is 0.324 e. The van der Waals surface area contributed by atoms with E-state index in [1.807, 2.05) is 36.4 Å². The third kappa shape index (κ3) is 2.77. The van der Waals surface area contributed by atoms with Crippen molar-refractivity contribution in [2.75, 3.05) is 5.32 Å². The summed E-state index contributed by atoms with van der Waals surface area (Å²) in [7, 11) is 0. The van der Waals surface area contributed by atoms with Crippen molar-refractivity contribution >= 4 is 22.4 Å². The van der Waals surface area contributed by atoms with Gasteiger partial charge in [-0.1, -0.05) is 60.7 Å². The molecule has 0 bridgehead atoms. The van der Waals surface area contributed by atoms with E-state index in [2.05, 4.69) is 57.7 Å². The van der Waals surface area contributed by atoms with Gasteiger partial charge in [-0.2, -0.15) is 0 Å². The number of benzene rings is 3. The summed E-state index contributed by atoms with van der Waals surface area (Å²) < 4.78 is 0. The highest BCUT2D eigenvalue weighted by molar-refractivity contribution is 5.95. The second-order valence-corrected chi connectivity index (χ2v) is 5.28. The Morgan fingerprint density at radius 3 is 2.39 bits per heavy atom. The van der Waals surface area contributed by atoms with E-state index in [-0.39, 0.29) is 0 Å². The molecule has 0 radical (unpaired) electrons. The maximum atomic E-state index is 4.67. The number of nitrogens with zero attached hydrogens (tertiary/aromatic N) is 2. The van der Waals surface area contributed by atoms with E-state index in [1.54, 1.807) is 6.20 Å². The Bertz CT molecular complexity index is 944. The van der Waals surface area contributed by atoms with Crippen molar-refractivity contribution in [3.8, 4) is 11.3 Å². The van der Waals surface area contributed by atoms with Gasteiger partial charge in [0.25, 0.3) is 0 Å². The monoisotopic (exact) mass is 297 g/mol. The van der Waals surface area contributed by atoms with Gasteiger partial charge in [0.15, 0.2) is 0 Å². The first-order valence-electron chi connectivity index (χ1n) is 7.53. The van der Waals surface area contributed by atoms with Gasteiger partial charge in [-0.25, -0.2) is 9.97 Å². The normalized spacial score (nSPS) is 10.6. The summed E-state index contributed by atoms with van der Waals surface area (Å²) in [6, 6.07) is 26.5. The highest BCUT2D eigenvalue weighted by Crippen LogP contribution is 2.27. The van der Waals surface area contributed by atoms with E-state index < -0.39 is 0 Å². The van der Waals surface area contributed by atoms with Gasteiger partial charge in [0.1, 0.15) is 0 Å². The Hall–Kier alpha value is -3.20. The molecule has 0 aliphatic carbocycles. The molecule has 0 fully saturated rings. The van der Waals surface area contributed by atoms with Crippen LogP contribution in [0.2, 0.25) is 0 Å². The van der Waals surface area contributed by atoms with Gasteiger partial charge in [-0.3, -0.25) is 0 Å². The molecular formula is C20H15N3. The fourth-order valence-electron chi connectivity index (χ4n) is 2.67. The van der Waals surface area contributed by atoms with E-state index >= 15 is 0 Å². The predicted octanol–water partition coefficient (Wildman–Crippen LogP) is 5.04. The van der Waals surface area contributed by atoms with E-state index in [4.69, 9.17) is 0 Å². The lowest BCUT2D eigenvalue weighted by molar-refractivity contribution is 1.17. The van der Waals surface area contributed by atoms with Crippen LogP contribution in [-0.2, 0) is 0 Å². The van der Waals surface area contributed by atoms with Gasteiger partial charge >= 0.3 is 0 Å². The van der Waals surface area contributed by atoms with Crippen LogP contribution in [-0.4, -0.2) is 9.97 Å². The zero-order valence-electron chi connectivity index (χ0n) is 12.5. The summed E-state index contributed by atoms with van der Waals surface area (Å²) in [5, 5.41) is 5.64. The summed E-state index contributed by atoms with van der Waals surface area (Å²) in [6.07, 6.45) is 1.79. The summed E-state index contributed by atoms with van der Waals surface area (Å²) in [4.78, 5) is 8.98. The van der Waals surface area contributed by atoms with Gasteiger partial charge in [0.05, 0.1) is 5.69 Å². The molecule has 0 amide bonds. The summed E-state index contributed by atoms with van der Waals surface area (Å²) >= 11 is 0. The lowest BCUT2D eigenvalue weighted by Crippen LogP contribution is -1.97. The van der Waals surface area contributed by atoms with E-state index in [0.717, 1.165) is 16.9 Å². The SMILES string of the molecule is c1ccc(Nc2nccc(-c3cccc4ccccc34)n2)cc1. The van der Waals surface area contributed by atoms with Crippen molar-refractivity contribution in [1.82, 2.24) is 9.97 Å². The Balaban J connectivity index is 1.76. The third-order valence-corrected chi connectivity index (χ3v) is 3.75. The summed E-state index contributed by atoms with van der Waals surface area (Å²) in [6.45, 7) is 0. The van der Waals surface area contributed by atoms with Crippen LogP contribution in [0.1, 0.15) is 0 Å². The fourth-order valence-corrected chi connectivity index (χ4v) is 2.67. The molecule has 3 nitrogen and oxygen atoms in total. The van der Waals surface area contributed by atoms with E-state index in [9.17, 15) is 0 Å². The maximum absolute atomic E-state index is 4.67. The van der Waals surface area contributed by atoms with Gasteiger partial charge in [-0.15, -0.1) is 0 Å². The van der Waals surface area contributed by atoms with Crippen LogP contribution in [0.25, 0.3) is 22.0 Å². The van der Waals surface area contributed by atoms with Crippen LogP contribution in [0, 0.1) is 0 Å². The van der Waals surface area contributed by atoms with Gasteiger partial charge in [0, 0.05) is 17.4 Å². The highest BCUT2D eigenvalue weighted by atomic mass is 15.1. The maximum Gasteiger partial charge on any atom is 0.227 e. The number of fused-ring (bicyclic) bond motifs is 1. The minimum Gasteiger partial charge on any atom is -0.324 e. The second kappa shape index (κ2) is 5.89. The van der Waals surface area contributed by atoms with Crippen molar-refractivity contribution < 1.29 is 0 Å². The molecule has 0 spiro atoms. The molecule has 3 aromatic carbocycles. The van der Waals surface area contributed by atoms with Crippen LogP contribution in [0.15, 0.2) is 85.1 Å². The fraction of sp³-hybridized carbons (Fsp3) is 0. The average molecular weight is 297 g/mol. The second-order valence-electron chi connectivity index (χ2n) is 5.28. The lowest BCUT2D eigenvalue weighted by atomic mass is 10.0. The molecule has 0 unspecified atom stereocenters. The molecule has 0 saturated heterocycles. The van der Waals surface area contributed by atoms with E-state index in [0.29, 0.717) is 5.95 Å². The van der Waals surface area contributed by atoms with Gasteiger partial charge < -0.3 is 5.32 Å². The molecule has 0 saturated carbocycles. The molecule has 1 heterocycles. The van der Waals surface area contributed by atoms with Gasteiger partial charge in [0.2, 0.25) is 5.95 Å². The standard InChI is InChI=1S/C20H15N3/c1-2-9-16(10-3-1)22-20-21-14-13-19(23-20)18-12-6-8-15-7-4-5-11-17(15)18/h1-14H,(H,21,22,23). The zero-order valence-corrected chi connectivity index (χ0v) is 12.5. The molecule has 4 aromatic rings. The predicted molar refractivity (Wildman–Crippen MR) is 94.7 cm³/mol. The van der Waals surface area contributed by atoms with Gasteiger partial charge in [-0.05, 0) is 29.0 Å². The highest BCUT2D eigenvalue weighted by Gasteiger charge is 2.06. The smallest absolute Gasteiger partial charge is 0.227 e. The van der Waals surface area contributed by atoms with Crippen molar-refractivity contribution in [2.24, 2.45) is 0 Å². The number of rotatable bonds is 3. The Morgan fingerprint density at radius 2 is 1.48 bits per heavy atom. The number of hydrogen-bond acceptors (Lipinski definition) is 3. The van der Waals surface area contributed by atoms with E-state index in [1.165, 1.54) is 10.8 Å². The minimum absolute atomic E-state index is 0.599.